The fourth-order valence-corrected chi connectivity index (χ4v) is 13.0. The Hall–Kier alpha value is -5.80. The van der Waals surface area contributed by atoms with Crippen molar-refractivity contribution in [3.63, 3.8) is 0 Å². The van der Waals surface area contributed by atoms with Gasteiger partial charge in [0.05, 0.1) is 5.69 Å². The summed E-state index contributed by atoms with van der Waals surface area (Å²) in [7, 11) is 0. The summed E-state index contributed by atoms with van der Waals surface area (Å²) in [5.41, 5.74) is 21.2. The third kappa shape index (κ3) is 6.13. The number of benzene rings is 7. The van der Waals surface area contributed by atoms with Crippen molar-refractivity contribution in [3.8, 4) is 22.3 Å². The van der Waals surface area contributed by atoms with Crippen molar-refractivity contribution in [1.29, 1.82) is 0 Å². The lowest BCUT2D eigenvalue weighted by Crippen LogP contribution is -2.61. The van der Waals surface area contributed by atoms with Crippen LogP contribution in [-0.2, 0) is 27.1 Å². The van der Waals surface area contributed by atoms with Crippen LogP contribution >= 0.6 is 0 Å². The second-order valence-corrected chi connectivity index (χ2v) is 23.1. The zero-order chi connectivity index (χ0) is 47.4. The van der Waals surface area contributed by atoms with Crippen molar-refractivity contribution < 1.29 is 4.11 Å². The molecule has 0 atom stereocenters. The topological polar surface area (TPSA) is 6.48 Å². The number of hydrogen-bond donors (Lipinski definition) is 0. The molecule has 4 aliphatic rings. The Kier molecular flexibility index (Phi) is 7.99. The van der Waals surface area contributed by atoms with Crippen LogP contribution in [0.25, 0.3) is 22.3 Å². The fraction of sp³-hybridized carbons (Fsp3) is 0.311. The Labute approximate surface area is 387 Å². The molecule has 0 fully saturated rings. The highest BCUT2D eigenvalue weighted by atomic mass is 15.2. The number of rotatable bonds is 4. The van der Waals surface area contributed by atoms with Crippen LogP contribution < -0.4 is 26.2 Å². The Morgan fingerprint density at radius 1 is 0.469 bits per heavy atom. The molecule has 0 amide bonds. The molecule has 2 aliphatic heterocycles. The first-order valence-electron chi connectivity index (χ1n) is 25.0. The van der Waals surface area contributed by atoms with Gasteiger partial charge >= 0.3 is 0 Å². The van der Waals surface area contributed by atoms with E-state index in [9.17, 15) is 0 Å². The van der Waals surface area contributed by atoms with Crippen LogP contribution in [0.5, 0.6) is 0 Å². The zero-order valence-electron chi connectivity index (χ0n) is 42.7. The summed E-state index contributed by atoms with van der Waals surface area (Å²) in [5.74, 6) is 0. The normalized spacial score (nSPS) is 18.9. The van der Waals surface area contributed by atoms with Crippen LogP contribution in [0.2, 0.25) is 0 Å². The molecule has 0 bridgehead atoms. The van der Waals surface area contributed by atoms with E-state index in [0.717, 1.165) is 74.7 Å². The van der Waals surface area contributed by atoms with Crippen LogP contribution in [-0.4, -0.2) is 6.71 Å². The molecule has 0 radical (unpaired) electrons. The molecule has 11 rings (SSSR count). The summed E-state index contributed by atoms with van der Waals surface area (Å²) in [6, 6.07) is 51.5. The average Bonchev–Trinajstić information content (AvgIpc) is 3.58. The van der Waals surface area contributed by atoms with Gasteiger partial charge in [-0.15, -0.1) is 0 Å². The second-order valence-electron chi connectivity index (χ2n) is 23.1. The van der Waals surface area contributed by atoms with Gasteiger partial charge in [-0.05, 0) is 162 Å². The molecule has 7 aromatic carbocycles. The van der Waals surface area contributed by atoms with E-state index in [2.05, 4.69) is 213 Å². The molecular weight excluding hydrogens is 771 g/mol. The Morgan fingerprint density at radius 3 is 1.69 bits per heavy atom. The van der Waals surface area contributed by atoms with Crippen LogP contribution in [0.15, 0.2) is 140 Å². The van der Waals surface area contributed by atoms with Gasteiger partial charge in [0.1, 0.15) is 0 Å². The minimum atomic E-state index is -2.38. The summed E-state index contributed by atoms with van der Waals surface area (Å²) in [6.45, 7) is 23.4. The van der Waals surface area contributed by atoms with Crippen LogP contribution in [0.1, 0.15) is 126 Å². The van der Waals surface area contributed by atoms with Crippen molar-refractivity contribution in [2.75, 3.05) is 9.80 Å². The first kappa shape index (κ1) is 37.6. The van der Waals surface area contributed by atoms with E-state index in [-0.39, 0.29) is 33.8 Å². The van der Waals surface area contributed by atoms with Crippen molar-refractivity contribution >= 4 is 57.2 Å². The third-order valence-electron chi connectivity index (χ3n) is 15.4. The molecule has 2 heterocycles. The molecule has 0 saturated heterocycles. The molecule has 2 nitrogen and oxygen atoms in total. The van der Waals surface area contributed by atoms with Crippen molar-refractivity contribution in [3.05, 3.63) is 173 Å². The first-order chi connectivity index (χ1) is 31.4. The second kappa shape index (κ2) is 13.6. The number of anilines is 6. The van der Waals surface area contributed by atoms with Gasteiger partial charge in [0.2, 0.25) is 0 Å². The number of fused-ring (bicyclic) bond motifs is 6. The highest BCUT2D eigenvalue weighted by Gasteiger charge is 2.49. The Bertz CT molecular complexity index is 3170. The summed E-state index contributed by atoms with van der Waals surface area (Å²) in [6.07, 6.45) is 2.11. The largest absolute Gasteiger partial charge is 0.311 e. The van der Waals surface area contributed by atoms with Crippen LogP contribution in [0, 0.1) is 6.85 Å². The van der Waals surface area contributed by atoms with E-state index in [1.807, 2.05) is 12.1 Å². The summed E-state index contributed by atoms with van der Waals surface area (Å²) in [5, 5.41) is 0. The maximum absolute atomic E-state index is 9.17. The fourth-order valence-electron chi connectivity index (χ4n) is 13.0. The standard InChI is InChI=1S/C61H63BN2/c1-38-29-54-56-55(30-38)64(51-28-24-42(57(2,3)4)32-44(51)40-21-17-14-18-22-40)52-31-41(39-19-15-13-16-20-39)23-27-49(52)62(56)50-34-47-48(61(11,12)37-60(47,9)10)35-53(50)63(54)43-25-26-45-46(33-43)59(7,8)36-58(45,5)6/h13-35H,36-37H2,1-12H3/i1D3. The van der Waals surface area contributed by atoms with Crippen molar-refractivity contribution in [2.45, 2.75) is 123 Å². The minimum absolute atomic E-state index is 0.0286. The van der Waals surface area contributed by atoms with Gasteiger partial charge in [-0.1, -0.05) is 167 Å². The molecule has 0 spiro atoms. The zero-order valence-corrected chi connectivity index (χ0v) is 39.7. The predicted molar refractivity (Wildman–Crippen MR) is 276 cm³/mol. The number of nitrogens with zero attached hydrogens (tertiary/aromatic N) is 2. The summed E-state index contributed by atoms with van der Waals surface area (Å²) < 4.78 is 27.5. The Morgan fingerprint density at radius 2 is 1.05 bits per heavy atom. The maximum atomic E-state index is 9.17. The highest BCUT2D eigenvalue weighted by molar-refractivity contribution is 7.00. The maximum Gasteiger partial charge on any atom is 0.252 e. The van der Waals surface area contributed by atoms with E-state index in [4.69, 9.17) is 4.11 Å². The molecule has 0 unspecified atom stereocenters. The number of aryl methyl sites for hydroxylation is 1. The van der Waals surface area contributed by atoms with E-state index >= 15 is 0 Å². The SMILES string of the molecule is [2H]C([2H])([2H])c1cc2c3c(c1)N(c1ccc(C(C)(C)C)cc1-c1ccccc1)c1cc(-c4ccccc4)ccc1B3c1cc3c(cc1N2c1ccc2c(c1)C(C)(C)CC2(C)C)C(C)(C)CC3(C)C. The number of hydrogen-bond acceptors (Lipinski definition) is 2. The minimum Gasteiger partial charge on any atom is -0.311 e. The van der Waals surface area contributed by atoms with E-state index in [0.29, 0.717) is 5.56 Å². The van der Waals surface area contributed by atoms with E-state index in [1.165, 1.54) is 38.7 Å². The van der Waals surface area contributed by atoms with Crippen LogP contribution in [0.4, 0.5) is 34.1 Å². The molecule has 7 aromatic rings. The van der Waals surface area contributed by atoms with Gasteiger partial charge in [0.25, 0.3) is 6.71 Å². The van der Waals surface area contributed by atoms with Crippen molar-refractivity contribution in [1.82, 2.24) is 0 Å². The van der Waals surface area contributed by atoms with Gasteiger partial charge < -0.3 is 9.80 Å². The first-order valence-corrected chi connectivity index (χ1v) is 23.5. The Balaban J connectivity index is 1.29. The monoisotopic (exact) mass is 838 g/mol. The predicted octanol–water partition coefficient (Wildman–Crippen LogP) is 14.6. The van der Waals surface area contributed by atoms with Gasteiger partial charge in [-0.3, -0.25) is 0 Å². The quantitative estimate of drug-likeness (QED) is 0.163. The molecule has 0 aromatic heterocycles. The van der Waals surface area contributed by atoms with E-state index < -0.39 is 6.85 Å². The highest BCUT2D eigenvalue weighted by Crippen LogP contribution is 2.55. The van der Waals surface area contributed by atoms with Gasteiger partial charge in [-0.2, -0.15) is 0 Å². The summed E-state index contributed by atoms with van der Waals surface area (Å²) >= 11 is 0. The lowest BCUT2D eigenvalue weighted by Gasteiger charge is -2.45. The van der Waals surface area contributed by atoms with Crippen LogP contribution in [0.3, 0.4) is 0 Å². The lowest BCUT2D eigenvalue weighted by atomic mass is 9.33. The van der Waals surface area contributed by atoms with E-state index in [1.54, 1.807) is 0 Å². The molecule has 0 N–H and O–H groups in total. The lowest BCUT2D eigenvalue weighted by molar-refractivity contribution is 0.403. The molecule has 3 heteroatoms. The average molecular weight is 838 g/mol. The molecule has 2 aliphatic carbocycles. The molecule has 320 valence electrons. The molecule has 64 heavy (non-hydrogen) atoms. The smallest absolute Gasteiger partial charge is 0.252 e. The van der Waals surface area contributed by atoms with Crippen molar-refractivity contribution in [2.24, 2.45) is 0 Å². The summed E-state index contributed by atoms with van der Waals surface area (Å²) in [4.78, 5) is 4.87. The van der Waals surface area contributed by atoms with Gasteiger partial charge in [0, 0.05) is 38.1 Å². The van der Waals surface area contributed by atoms with Gasteiger partial charge in [0.15, 0.2) is 0 Å². The molecular formula is C61H63BN2. The molecule has 0 saturated carbocycles. The van der Waals surface area contributed by atoms with Gasteiger partial charge in [-0.25, -0.2) is 0 Å². The third-order valence-corrected chi connectivity index (χ3v) is 15.4.